The van der Waals surface area contributed by atoms with Crippen LogP contribution in [0.15, 0.2) is 334 Å². The summed E-state index contributed by atoms with van der Waals surface area (Å²) in [5.74, 6) is 0. The van der Waals surface area contributed by atoms with Crippen LogP contribution < -0.4 is 0 Å². The summed E-state index contributed by atoms with van der Waals surface area (Å²) < 4.78 is 0. The Labute approximate surface area is 625 Å². The number of benzene rings is 9. The number of aryl methyl sites for hydroxylation is 5. The average molecular weight is 1810 g/mol. The smallest absolute Gasteiger partial charge is 0.0239 e. The van der Waals surface area contributed by atoms with Gasteiger partial charge in [0.15, 0.2) is 0 Å². The van der Waals surface area contributed by atoms with Gasteiger partial charge in [0.25, 0.3) is 0 Å². The van der Waals surface area contributed by atoms with Gasteiger partial charge in [0.1, 0.15) is 0 Å². The quantitative estimate of drug-likeness (QED) is 0.127. The van der Waals surface area contributed by atoms with E-state index in [0.29, 0.717) is 0 Å². The minimum Gasteiger partial charge on any atom is -0.304 e. The fourth-order valence-electron chi connectivity index (χ4n) is 9.68. The zero-order chi connectivity index (χ0) is 66.4. The van der Waals surface area contributed by atoms with Crippen LogP contribution in [0.25, 0.3) is 101 Å². The predicted octanol–water partition coefficient (Wildman–Crippen LogP) is 22.1. The molecule has 3 radical (unpaired) electrons. The number of aromatic nitrogens is 6. The summed E-state index contributed by atoms with van der Waals surface area (Å²) >= 11 is 0. The van der Waals surface area contributed by atoms with E-state index in [1.807, 2.05) is 252 Å². The molecule has 0 spiro atoms. The number of rotatable bonds is 10. The zero-order valence-electron chi connectivity index (χ0n) is 55.6. The summed E-state index contributed by atoms with van der Waals surface area (Å²) in [7, 11) is 0. The first-order chi connectivity index (χ1) is 47.2. The molecule has 15 rings (SSSR count). The molecular weight excluding hydrogens is 1740 g/mol. The van der Waals surface area contributed by atoms with Crippen molar-refractivity contribution < 1.29 is 60.3 Å². The Morgan fingerprint density at radius 1 is 0.212 bits per heavy atom. The van der Waals surface area contributed by atoms with E-state index >= 15 is 0 Å². The van der Waals surface area contributed by atoms with Crippen LogP contribution in [0.5, 0.6) is 0 Å². The topological polar surface area (TPSA) is 77.3 Å². The molecule has 15 aromatic rings. The summed E-state index contributed by atoms with van der Waals surface area (Å²) in [6.45, 7) is 10.4. The molecule has 0 amide bonds. The van der Waals surface area contributed by atoms with Crippen molar-refractivity contribution in [3.05, 3.63) is 399 Å². The number of hydrogen-bond donors (Lipinski definition) is 0. The van der Waals surface area contributed by atoms with E-state index in [9.17, 15) is 0 Å². The molecule has 0 bridgehead atoms. The van der Waals surface area contributed by atoms with Gasteiger partial charge >= 0.3 is 0 Å². The van der Waals surface area contributed by atoms with Crippen molar-refractivity contribution in [2.45, 2.75) is 41.0 Å². The maximum atomic E-state index is 4.54. The Morgan fingerprint density at radius 3 is 0.657 bits per heavy atom. The van der Waals surface area contributed by atoms with E-state index in [1.54, 1.807) is 0 Å². The Hall–Kier alpha value is -10.2. The van der Waals surface area contributed by atoms with Crippen LogP contribution in [0, 0.1) is 64.1 Å². The minimum absolute atomic E-state index is 0. The van der Waals surface area contributed by atoms with E-state index in [0.717, 1.165) is 90.7 Å². The van der Waals surface area contributed by atoms with Gasteiger partial charge in [0.05, 0.1) is 0 Å². The molecule has 0 aliphatic heterocycles. The summed E-state index contributed by atoms with van der Waals surface area (Å²) in [4.78, 5) is 26.5. The molecule has 0 aliphatic rings. The van der Waals surface area contributed by atoms with Gasteiger partial charge in [-0.1, -0.05) is 164 Å². The minimum atomic E-state index is 0. The van der Waals surface area contributed by atoms with Gasteiger partial charge in [-0.3, -0.25) is 0 Å². The number of hydrogen-bond acceptors (Lipinski definition) is 6. The van der Waals surface area contributed by atoms with Gasteiger partial charge in [-0.15, -0.1) is 215 Å². The fourth-order valence-corrected chi connectivity index (χ4v) is 9.68. The van der Waals surface area contributed by atoms with E-state index in [-0.39, 0.29) is 60.3 Å². The molecule has 6 nitrogen and oxygen atoms in total. The average Bonchev–Trinajstić information content (AvgIpc) is 0.921. The van der Waals surface area contributed by atoms with Crippen molar-refractivity contribution >= 4 is 0 Å². The Balaban J connectivity index is 0.000000168. The normalized spacial score (nSPS) is 9.87. The van der Waals surface area contributed by atoms with Crippen molar-refractivity contribution in [1.82, 2.24) is 29.9 Å². The molecule has 0 fully saturated rings. The molecule has 0 saturated heterocycles. The Bertz CT molecular complexity index is 4390. The maximum absolute atomic E-state index is 4.54. The van der Waals surface area contributed by atoms with Crippen LogP contribution in [0.3, 0.4) is 0 Å². The van der Waals surface area contributed by atoms with Gasteiger partial charge in [-0.25, -0.2) is 0 Å². The van der Waals surface area contributed by atoms with Crippen molar-refractivity contribution in [3.8, 4) is 101 Å². The second-order valence-electron chi connectivity index (χ2n) is 22.4. The van der Waals surface area contributed by atoms with Crippen molar-refractivity contribution in [2.75, 3.05) is 0 Å². The SMILES string of the molecule is CCc1ccc(-c2ccc(-c3[c-]cccc3)nc2)cc1.Cc1ccc(-c2[c-]cccc2)nc1.Cc1ccc(-c2[c-]cccc2)nc1.Cc1ccc(-c2[c-]cccc2)nc1.Cc1ccc(-c2ccc(-c3[c-]cccc3)nc2)cc1.[Ir].[Ir].[Ir].[c-]1ccccc1-c1ccc(-c2ccccc2)cn1. The van der Waals surface area contributed by atoms with Gasteiger partial charge in [0, 0.05) is 97.5 Å². The first kappa shape index (κ1) is 76.2. The van der Waals surface area contributed by atoms with Crippen LogP contribution in [0.1, 0.15) is 34.7 Å². The van der Waals surface area contributed by atoms with Crippen LogP contribution in [0.4, 0.5) is 0 Å². The third-order valence-corrected chi connectivity index (χ3v) is 15.1. The largest absolute Gasteiger partial charge is 0.304 e. The van der Waals surface area contributed by atoms with Gasteiger partial charge in [-0.05, 0) is 124 Å². The molecule has 6 heterocycles. The number of pyridine rings is 6. The molecule has 0 saturated carbocycles. The first-order valence-electron chi connectivity index (χ1n) is 31.9. The van der Waals surface area contributed by atoms with Crippen molar-refractivity contribution in [3.63, 3.8) is 0 Å². The van der Waals surface area contributed by atoms with Gasteiger partial charge in [-0.2, -0.15) is 0 Å². The maximum Gasteiger partial charge on any atom is 0.0239 e. The van der Waals surface area contributed by atoms with Crippen molar-refractivity contribution in [1.29, 1.82) is 0 Å². The van der Waals surface area contributed by atoms with E-state index in [1.165, 1.54) is 44.5 Å². The fraction of sp³-hybridized carbons (Fsp3) is 0.0667. The predicted molar refractivity (Wildman–Crippen MR) is 396 cm³/mol. The van der Waals surface area contributed by atoms with Gasteiger partial charge in [0.2, 0.25) is 0 Å². The summed E-state index contributed by atoms with van der Waals surface area (Å²) in [6.07, 6.45) is 12.4. The molecule has 0 N–H and O–H groups in total. The van der Waals surface area contributed by atoms with E-state index < -0.39 is 0 Å². The standard InChI is InChI=1S/C19H16N.C18H14N.C17H12N.3C12H10N.3Ir/c1-2-15-8-10-16(11-9-15)18-12-13-19(20-14-18)17-6-4-3-5-7-17;1-14-7-9-15(10-8-14)17-11-12-18(19-13-17)16-5-3-2-4-6-16;1-3-7-14(8-4-1)16-11-12-17(18-13-16)15-9-5-2-6-10-15;3*1-10-7-8-12(13-9-10)11-5-3-2-4-6-11;;;/h3-6,8-14H,2H2,1H3;2-5,7-13H,1H3;1-9,11-13H;3*2-5,7-9H,1H3;;;/q6*-1;;;. The third-order valence-electron chi connectivity index (χ3n) is 15.1. The summed E-state index contributed by atoms with van der Waals surface area (Å²) in [5, 5.41) is 0. The third kappa shape index (κ3) is 24.1. The monoisotopic (exact) mass is 1820 g/mol. The van der Waals surface area contributed by atoms with Gasteiger partial charge < -0.3 is 29.9 Å². The Morgan fingerprint density at radius 2 is 0.434 bits per heavy atom. The molecule has 0 aliphatic carbocycles. The number of nitrogens with zero attached hydrogens (tertiary/aromatic N) is 6. The second-order valence-corrected chi connectivity index (χ2v) is 22.4. The second kappa shape index (κ2) is 41.2. The molecular formula is C90H72Ir3N6-6. The van der Waals surface area contributed by atoms with E-state index in [2.05, 4.69) is 183 Å². The molecule has 9 aromatic carbocycles. The molecule has 0 unspecified atom stereocenters. The summed E-state index contributed by atoms with van der Waals surface area (Å²) in [5.41, 5.74) is 25.2. The molecule has 495 valence electrons. The van der Waals surface area contributed by atoms with Crippen LogP contribution >= 0.6 is 0 Å². The Kier molecular flexibility index (Phi) is 31.7. The van der Waals surface area contributed by atoms with Crippen LogP contribution in [-0.2, 0) is 66.7 Å². The molecule has 99 heavy (non-hydrogen) atoms. The molecule has 6 aromatic heterocycles. The van der Waals surface area contributed by atoms with E-state index in [4.69, 9.17) is 0 Å². The zero-order valence-corrected chi connectivity index (χ0v) is 62.8. The molecule has 9 heteroatoms. The summed E-state index contributed by atoms with van der Waals surface area (Å²) in [6, 6.07) is 118. The molecule has 0 atom stereocenters. The van der Waals surface area contributed by atoms with Crippen molar-refractivity contribution in [2.24, 2.45) is 0 Å². The van der Waals surface area contributed by atoms with Crippen LogP contribution in [0.2, 0.25) is 0 Å². The van der Waals surface area contributed by atoms with Crippen LogP contribution in [-0.4, -0.2) is 29.9 Å². The first-order valence-corrected chi connectivity index (χ1v) is 31.9.